The highest BCUT2D eigenvalue weighted by atomic mass is 79.9. The van der Waals surface area contributed by atoms with Crippen LogP contribution in [0.15, 0.2) is 10.5 Å². The summed E-state index contributed by atoms with van der Waals surface area (Å²) >= 11 is 3.63. The number of hydrogen-bond acceptors (Lipinski definition) is 4. The molecule has 0 amide bonds. The van der Waals surface area contributed by atoms with Gasteiger partial charge >= 0.3 is 0 Å². The van der Waals surface area contributed by atoms with Gasteiger partial charge in [-0.1, -0.05) is 0 Å². The lowest BCUT2D eigenvalue weighted by Gasteiger charge is -2.18. The molecule has 0 radical (unpaired) electrons. The minimum Gasteiger partial charge on any atom is -0.313 e. The molecule has 2 heterocycles. The minimum absolute atomic E-state index is 0.190. The maximum absolute atomic E-state index is 4.45. The third kappa shape index (κ3) is 2.91. The normalized spacial score (nSPS) is 12.7. The summed E-state index contributed by atoms with van der Waals surface area (Å²) in [4.78, 5) is 0. The van der Waals surface area contributed by atoms with E-state index in [0.29, 0.717) is 0 Å². The van der Waals surface area contributed by atoms with Gasteiger partial charge in [0.25, 0.3) is 0 Å². The summed E-state index contributed by atoms with van der Waals surface area (Å²) in [5, 5.41) is 16.1. The first kappa shape index (κ1) is 15.1. The Balaban J connectivity index is 2.36. The van der Waals surface area contributed by atoms with E-state index in [1.807, 2.05) is 39.5 Å². The summed E-state index contributed by atoms with van der Waals surface area (Å²) in [6.07, 6.45) is 0.848. The monoisotopic (exact) mass is 337 g/mol. The molecule has 0 aliphatic carbocycles. The summed E-state index contributed by atoms with van der Waals surface area (Å²) in [5.41, 5.74) is 5.27. The van der Waals surface area contributed by atoms with Crippen molar-refractivity contribution in [1.82, 2.24) is 25.3 Å². The second-order valence-electron chi connectivity index (χ2n) is 5.04. The molecule has 0 spiro atoms. The molecule has 0 saturated carbocycles. The molecule has 2 rings (SSSR count). The molecular weight excluding hydrogens is 318 g/mol. The highest BCUT2D eigenvalue weighted by molar-refractivity contribution is 9.10. The van der Waals surface area contributed by atoms with Crippen LogP contribution in [0.5, 0.6) is 0 Å². The smallest absolute Gasteiger partial charge is 0.0738 e. The first-order valence-electron chi connectivity index (χ1n) is 6.60. The van der Waals surface area contributed by atoms with Crippen molar-refractivity contribution in [3.05, 3.63) is 38.9 Å². The van der Waals surface area contributed by atoms with Crippen LogP contribution in [0.1, 0.15) is 34.4 Å². The summed E-state index contributed by atoms with van der Waals surface area (Å²) in [5.74, 6) is 0. The van der Waals surface area contributed by atoms with E-state index in [1.165, 1.54) is 11.3 Å². The van der Waals surface area contributed by atoms with Crippen LogP contribution in [0, 0.1) is 20.8 Å². The van der Waals surface area contributed by atoms with Gasteiger partial charge in [0, 0.05) is 19.5 Å². The fraction of sp³-hybridized carbons (Fsp3) is 0.500. The first-order valence-corrected chi connectivity index (χ1v) is 7.39. The maximum atomic E-state index is 4.45. The number of nitrogens with zero attached hydrogens (tertiary/aromatic N) is 4. The number of nitrogens with one attached hydrogen (secondary N) is 1. The molecule has 0 aromatic carbocycles. The Morgan fingerprint density at radius 3 is 2.50 bits per heavy atom. The van der Waals surface area contributed by atoms with Gasteiger partial charge in [-0.3, -0.25) is 4.68 Å². The van der Waals surface area contributed by atoms with Crippen molar-refractivity contribution < 1.29 is 0 Å². The van der Waals surface area contributed by atoms with Crippen LogP contribution in [0.2, 0.25) is 0 Å². The van der Waals surface area contributed by atoms with Crippen LogP contribution >= 0.6 is 15.9 Å². The highest BCUT2D eigenvalue weighted by Gasteiger charge is 2.19. The van der Waals surface area contributed by atoms with Crippen LogP contribution < -0.4 is 5.32 Å². The van der Waals surface area contributed by atoms with Crippen LogP contribution in [0.4, 0.5) is 0 Å². The molecule has 2 aromatic rings. The molecule has 0 aliphatic heterocycles. The van der Waals surface area contributed by atoms with E-state index in [1.54, 1.807) is 0 Å². The third-order valence-corrected chi connectivity index (χ3v) is 4.55. The summed E-state index contributed by atoms with van der Waals surface area (Å²) in [6.45, 7) is 5.97. The first-order chi connectivity index (χ1) is 9.43. The summed E-state index contributed by atoms with van der Waals surface area (Å²) < 4.78 is 3.01. The Morgan fingerprint density at radius 2 is 1.95 bits per heavy atom. The number of hydrogen-bond donors (Lipinski definition) is 1. The quantitative estimate of drug-likeness (QED) is 0.930. The number of rotatable bonds is 4. The van der Waals surface area contributed by atoms with E-state index in [2.05, 4.69) is 42.6 Å². The summed E-state index contributed by atoms with van der Waals surface area (Å²) in [6, 6.07) is 2.29. The molecule has 6 heteroatoms. The van der Waals surface area contributed by atoms with Gasteiger partial charge in [0.1, 0.15) is 0 Å². The second-order valence-corrected chi connectivity index (χ2v) is 5.83. The van der Waals surface area contributed by atoms with Gasteiger partial charge in [-0.15, -0.1) is 0 Å². The van der Waals surface area contributed by atoms with E-state index >= 15 is 0 Å². The second kappa shape index (κ2) is 6.01. The van der Waals surface area contributed by atoms with E-state index in [4.69, 9.17) is 0 Å². The topological polar surface area (TPSA) is 55.6 Å². The molecule has 20 heavy (non-hydrogen) atoms. The fourth-order valence-corrected chi connectivity index (χ4v) is 2.88. The van der Waals surface area contributed by atoms with Gasteiger partial charge in [0.05, 0.1) is 27.2 Å². The minimum atomic E-state index is 0.190. The molecule has 5 nitrogen and oxygen atoms in total. The molecule has 1 N–H and O–H groups in total. The molecule has 1 unspecified atom stereocenters. The largest absolute Gasteiger partial charge is 0.313 e. The van der Waals surface area contributed by atoms with Crippen LogP contribution in [-0.4, -0.2) is 27.0 Å². The zero-order valence-corrected chi connectivity index (χ0v) is 14.1. The van der Waals surface area contributed by atoms with Crippen LogP contribution in [0.25, 0.3) is 0 Å². The van der Waals surface area contributed by atoms with E-state index in [-0.39, 0.29) is 6.04 Å². The lowest BCUT2D eigenvalue weighted by molar-refractivity contribution is 0.553. The maximum Gasteiger partial charge on any atom is 0.0738 e. The van der Waals surface area contributed by atoms with E-state index in [0.717, 1.165) is 28.0 Å². The Hall–Kier alpha value is -1.27. The molecule has 1 atom stereocenters. The van der Waals surface area contributed by atoms with Crippen molar-refractivity contribution in [2.24, 2.45) is 7.05 Å². The van der Waals surface area contributed by atoms with Crippen LogP contribution in [-0.2, 0) is 13.5 Å². The average molecular weight is 338 g/mol. The Kier molecular flexibility index (Phi) is 4.55. The molecule has 0 bridgehead atoms. The van der Waals surface area contributed by atoms with E-state index in [9.17, 15) is 0 Å². The average Bonchev–Trinajstić information content (AvgIpc) is 2.65. The molecule has 108 valence electrons. The van der Waals surface area contributed by atoms with Gasteiger partial charge in [-0.25, -0.2) is 0 Å². The third-order valence-electron chi connectivity index (χ3n) is 3.52. The molecule has 0 saturated heterocycles. The van der Waals surface area contributed by atoms with Gasteiger partial charge in [-0.05, 0) is 55.4 Å². The van der Waals surface area contributed by atoms with Crippen molar-refractivity contribution in [3.63, 3.8) is 0 Å². The van der Waals surface area contributed by atoms with Crippen LogP contribution in [0.3, 0.4) is 0 Å². The number of aryl methyl sites for hydroxylation is 4. The molecule has 0 fully saturated rings. The lowest BCUT2D eigenvalue weighted by Crippen LogP contribution is -2.22. The predicted octanol–water partition coefficient (Wildman–Crippen LogP) is 2.40. The zero-order chi connectivity index (χ0) is 14.9. The number of aromatic nitrogens is 4. The highest BCUT2D eigenvalue weighted by Crippen LogP contribution is 2.26. The Labute approximate surface area is 127 Å². The Morgan fingerprint density at radius 1 is 1.25 bits per heavy atom. The molecular formula is C14H20BrN5. The predicted molar refractivity (Wildman–Crippen MR) is 82.7 cm³/mol. The summed E-state index contributed by atoms with van der Waals surface area (Å²) in [7, 11) is 3.94. The van der Waals surface area contributed by atoms with Crippen molar-refractivity contribution in [2.75, 3.05) is 7.05 Å². The van der Waals surface area contributed by atoms with Gasteiger partial charge in [0.2, 0.25) is 0 Å². The SMILES string of the molecule is CNC(Cc1c(Br)c(C)nn1C)c1cc(C)nnc1C. The number of halogens is 1. The lowest BCUT2D eigenvalue weighted by atomic mass is 10.0. The van der Waals surface area contributed by atoms with E-state index < -0.39 is 0 Å². The number of likely N-dealkylation sites (N-methyl/N-ethyl adjacent to an activating group) is 1. The van der Waals surface area contributed by atoms with Crippen molar-refractivity contribution in [3.8, 4) is 0 Å². The van der Waals surface area contributed by atoms with Gasteiger partial charge in [-0.2, -0.15) is 15.3 Å². The van der Waals surface area contributed by atoms with Gasteiger partial charge < -0.3 is 5.32 Å². The van der Waals surface area contributed by atoms with Crippen molar-refractivity contribution >= 4 is 15.9 Å². The molecule has 0 aliphatic rings. The van der Waals surface area contributed by atoms with Crippen molar-refractivity contribution in [2.45, 2.75) is 33.2 Å². The Bertz CT molecular complexity index is 620. The fourth-order valence-electron chi connectivity index (χ4n) is 2.39. The molecule has 2 aromatic heterocycles. The van der Waals surface area contributed by atoms with Gasteiger partial charge in [0.15, 0.2) is 0 Å². The zero-order valence-electron chi connectivity index (χ0n) is 12.5. The standard InChI is InChI=1S/C14H20BrN5/c1-8-6-11(9(2)18-17-8)12(16-4)7-13-14(15)10(3)19-20(13)5/h6,12,16H,7H2,1-5H3. The van der Waals surface area contributed by atoms with Crippen molar-refractivity contribution in [1.29, 1.82) is 0 Å².